The maximum absolute atomic E-state index is 10.9. The standard InChI is InChI=1S/C18H14N4O2/c1-11-6-16-17(7-12(11)2)21-18(20-16)14(10-19)8-13-4-3-5-15(9-13)22(23)24/h3-9H,1-2H3,(H,20,21)/b14-8+. The van der Waals surface area contributed by atoms with Gasteiger partial charge in [-0.05, 0) is 48.7 Å². The number of aryl methyl sites for hydroxylation is 2. The number of aromatic amines is 1. The molecule has 24 heavy (non-hydrogen) atoms. The van der Waals surface area contributed by atoms with Gasteiger partial charge in [-0.1, -0.05) is 12.1 Å². The van der Waals surface area contributed by atoms with Crippen molar-refractivity contribution in [3.63, 3.8) is 0 Å². The molecule has 0 saturated heterocycles. The van der Waals surface area contributed by atoms with Crippen molar-refractivity contribution < 1.29 is 4.92 Å². The highest BCUT2D eigenvalue weighted by Crippen LogP contribution is 2.23. The normalized spacial score (nSPS) is 11.5. The number of aromatic nitrogens is 2. The van der Waals surface area contributed by atoms with E-state index in [1.807, 2.05) is 26.0 Å². The first-order valence-corrected chi connectivity index (χ1v) is 7.31. The highest BCUT2D eigenvalue weighted by molar-refractivity contribution is 5.90. The van der Waals surface area contributed by atoms with Gasteiger partial charge in [0, 0.05) is 12.1 Å². The molecule has 3 rings (SSSR count). The zero-order valence-electron chi connectivity index (χ0n) is 13.2. The number of rotatable bonds is 3. The number of fused-ring (bicyclic) bond motifs is 1. The summed E-state index contributed by atoms with van der Waals surface area (Å²) < 4.78 is 0. The molecule has 0 atom stereocenters. The summed E-state index contributed by atoms with van der Waals surface area (Å²) in [4.78, 5) is 18.0. The number of nitro benzene ring substituents is 1. The molecule has 0 saturated carbocycles. The van der Waals surface area contributed by atoms with E-state index in [1.165, 1.54) is 12.1 Å². The summed E-state index contributed by atoms with van der Waals surface area (Å²) in [5.41, 5.74) is 4.79. The van der Waals surface area contributed by atoms with Crippen LogP contribution < -0.4 is 0 Å². The van der Waals surface area contributed by atoms with Crippen molar-refractivity contribution in [3.05, 3.63) is 69.0 Å². The number of nitriles is 1. The Kier molecular flexibility index (Phi) is 3.84. The van der Waals surface area contributed by atoms with Crippen LogP contribution >= 0.6 is 0 Å². The van der Waals surface area contributed by atoms with Crippen LogP contribution in [-0.2, 0) is 0 Å². The fourth-order valence-corrected chi connectivity index (χ4v) is 2.45. The van der Waals surface area contributed by atoms with E-state index >= 15 is 0 Å². The van der Waals surface area contributed by atoms with Crippen LogP contribution in [0.2, 0.25) is 0 Å². The van der Waals surface area contributed by atoms with E-state index < -0.39 is 4.92 Å². The number of hydrogen-bond acceptors (Lipinski definition) is 4. The van der Waals surface area contributed by atoms with Gasteiger partial charge in [0.1, 0.15) is 11.9 Å². The number of nitrogens with zero attached hydrogens (tertiary/aromatic N) is 3. The molecule has 0 aliphatic rings. The molecule has 1 aromatic heterocycles. The summed E-state index contributed by atoms with van der Waals surface area (Å²) in [6.07, 6.45) is 1.59. The van der Waals surface area contributed by atoms with Gasteiger partial charge in [-0.3, -0.25) is 10.1 Å². The predicted octanol–water partition coefficient (Wildman–Crippen LogP) is 4.15. The Balaban J connectivity index is 2.07. The third-order valence-electron chi connectivity index (χ3n) is 3.86. The summed E-state index contributed by atoms with van der Waals surface area (Å²) >= 11 is 0. The van der Waals surface area contributed by atoms with Crippen molar-refractivity contribution in [2.75, 3.05) is 0 Å². The smallest absolute Gasteiger partial charge is 0.270 e. The third kappa shape index (κ3) is 2.88. The van der Waals surface area contributed by atoms with E-state index in [0.717, 1.165) is 22.2 Å². The summed E-state index contributed by atoms with van der Waals surface area (Å²) in [6, 6.07) is 12.2. The van der Waals surface area contributed by atoms with Crippen molar-refractivity contribution in [2.45, 2.75) is 13.8 Å². The third-order valence-corrected chi connectivity index (χ3v) is 3.86. The second-order valence-electron chi connectivity index (χ2n) is 5.56. The first kappa shape index (κ1) is 15.4. The van der Waals surface area contributed by atoms with E-state index in [2.05, 4.69) is 16.0 Å². The number of nitro groups is 1. The second kappa shape index (κ2) is 5.97. The van der Waals surface area contributed by atoms with Crippen LogP contribution in [-0.4, -0.2) is 14.9 Å². The molecular weight excluding hydrogens is 304 g/mol. The van der Waals surface area contributed by atoms with Crippen molar-refractivity contribution in [1.29, 1.82) is 5.26 Å². The number of nitrogens with one attached hydrogen (secondary N) is 1. The van der Waals surface area contributed by atoms with Gasteiger partial charge in [0.2, 0.25) is 0 Å². The topological polar surface area (TPSA) is 95.6 Å². The first-order chi connectivity index (χ1) is 11.5. The van der Waals surface area contributed by atoms with Crippen LogP contribution in [0, 0.1) is 35.3 Å². The van der Waals surface area contributed by atoms with Crippen molar-refractivity contribution in [3.8, 4) is 6.07 Å². The molecule has 0 fully saturated rings. The van der Waals surface area contributed by atoms with E-state index in [9.17, 15) is 15.4 Å². The molecule has 0 amide bonds. The lowest BCUT2D eigenvalue weighted by atomic mass is 10.1. The quantitative estimate of drug-likeness (QED) is 0.445. The van der Waals surface area contributed by atoms with Crippen molar-refractivity contribution in [2.24, 2.45) is 0 Å². The van der Waals surface area contributed by atoms with Crippen LogP contribution in [0.3, 0.4) is 0 Å². The molecule has 0 radical (unpaired) electrons. The minimum absolute atomic E-state index is 0.0168. The minimum Gasteiger partial charge on any atom is -0.337 e. The van der Waals surface area contributed by atoms with Gasteiger partial charge in [0.05, 0.1) is 21.5 Å². The largest absolute Gasteiger partial charge is 0.337 e. The fraction of sp³-hybridized carbons (Fsp3) is 0.111. The maximum atomic E-state index is 10.9. The zero-order valence-corrected chi connectivity index (χ0v) is 13.2. The van der Waals surface area contributed by atoms with Crippen molar-refractivity contribution >= 4 is 28.4 Å². The van der Waals surface area contributed by atoms with Gasteiger partial charge in [-0.25, -0.2) is 4.98 Å². The van der Waals surface area contributed by atoms with E-state index in [4.69, 9.17) is 0 Å². The average molecular weight is 318 g/mol. The van der Waals surface area contributed by atoms with Crippen LogP contribution in [0.4, 0.5) is 5.69 Å². The fourth-order valence-electron chi connectivity index (χ4n) is 2.45. The van der Waals surface area contributed by atoms with Gasteiger partial charge < -0.3 is 4.98 Å². The van der Waals surface area contributed by atoms with Crippen LogP contribution in [0.25, 0.3) is 22.7 Å². The molecule has 1 N–H and O–H groups in total. The molecule has 0 aliphatic heterocycles. The average Bonchev–Trinajstić information content (AvgIpc) is 2.95. The lowest BCUT2D eigenvalue weighted by Crippen LogP contribution is -1.89. The van der Waals surface area contributed by atoms with E-state index in [1.54, 1.807) is 18.2 Å². The van der Waals surface area contributed by atoms with E-state index in [0.29, 0.717) is 17.0 Å². The van der Waals surface area contributed by atoms with Gasteiger partial charge in [0.15, 0.2) is 0 Å². The number of hydrogen-bond donors (Lipinski definition) is 1. The molecule has 0 aliphatic carbocycles. The van der Waals surface area contributed by atoms with Crippen molar-refractivity contribution in [1.82, 2.24) is 9.97 Å². The Morgan fingerprint density at radius 3 is 2.75 bits per heavy atom. The number of non-ortho nitro benzene ring substituents is 1. The van der Waals surface area contributed by atoms with Gasteiger partial charge in [-0.2, -0.15) is 5.26 Å². The molecule has 6 nitrogen and oxygen atoms in total. The number of imidazole rings is 1. The lowest BCUT2D eigenvalue weighted by molar-refractivity contribution is -0.384. The molecule has 118 valence electrons. The summed E-state index contributed by atoms with van der Waals surface area (Å²) in [7, 11) is 0. The number of allylic oxidation sites excluding steroid dienone is 1. The van der Waals surface area contributed by atoms with Gasteiger partial charge >= 0.3 is 0 Å². The molecular formula is C18H14N4O2. The Labute approximate surface area is 138 Å². The van der Waals surface area contributed by atoms with E-state index in [-0.39, 0.29) is 5.69 Å². The SMILES string of the molecule is Cc1cc2nc(/C(C#N)=C/c3cccc([N+](=O)[O-])c3)[nH]c2cc1C. The number of benzene rings is 2. The van der Waals surface area contributed by atoms with Gasteiger partial charge in [-0.15, -0.1) is 0 Å². The summed E-state index contributed by atoms with van der Waals surface area (Å²) in [5.74, 6) is 0.448. The monoisotopic (exact) mass is 318 g/mol. The van der Waals surface area contributed by atoms with Crippen LogP contribution in [0.15, 0.2) is 36.4 Å². The number of H-pyrrole nitrogens is 1. The Morgan fingerprint density at radius 1 is 1.29 bits per heavy atom. The van der Waals surface area contributed by atoms with Crippen LogP contribution in [0.5, 0.6) is 0 Å². The van der Waals surface area contributed by atoms with Gasteiger partial charge in [0.25, 0.3) is 5.69 Å². The molecule has 2 aromatic carbocycles. The maximum Gasteiger partial charge on any atom is 0.270 e. The zero-order chi connectivity index (χ0) is 17.3. The molecule has 0 unspecified atom stereocenters. The Hall–Kier alpha value is -3.46. The molecule has 1 heterocycles. The Bertz CT molecular complexity index is 986. The first-order valence-electron chi connectivity index (χ1n) is 7.31. The molecule has 0 bridgehead atoms. The highest BCUT2D eigenvalue weighted by Gasteiger charge is 2.10. The van der Waals surface area contributed by atoms with Crippen LogP contribution in [0.1, 0.15) is 22.5 Å². The highest BCUT2D eigenvalue weighted by atomic mass is 16.6. The molecule has 0 spiro atoms. The predicted molar refractivity (Wildman–Crippen MR) is 92.1 cm³/mol. The summed E-state index contributed by atoms with van der Waals surface area (Å²) in [5, 5.41) is 20.3. The molecule has 6 heteroatoms. The molecule has 3 aromatic rings. The Morgan fingerprint density at radius 2 is 2.04 bits per heavy atom. The second-order valence-corrected chi connectivity index (χ2v) is 5.56. The summed E-state index contributed by atoms with van der Waals surface area (Å²) in [6.45, 7) is 4.02. The minimum atomic E-state index is -0.462. The lowest BCUT2D eigenvalue weighted by Gasteiger charge is -1.97.